The van der Waals surface area contributed by atoms with E-state index in [1.165, 1.54) is 12.1 Å². The number of hydrogen-bond acceptors (Lipinski definition) is 6. The largest absolute Gasteiger partial charge is 0.478 e. The van der Waals surface area contributed by atoms with Gasteiger partial charge >= 0.3 is 12.1 Å². The van der Waals surface area contributed by atoms with E-state index in [4.69, 9.17) is 9.84 Å². The summed E-state index contributed by atoms with van der Waals surface area (Å²) in [4.78, 5) is 20.5. The van der Waals surface area contributed by atoms with Crippen molar-refractivity contribution in [1.29, 1.82) is 0 Å². The summed E-state index contributed by atoms with van der Waals surface area (Å²) in [5, 5.41) is 8.92. The van der Waals surface area contributed by atoms with Crippen LogP contribution in [0.25, 0.3) is 0 Å². The van der Waals surface area contributed by atoms with Crippen molar-refractivity contribution in [1.82, 2.24) is 9.97 Å². The van der Waals surface area contributed by atoms with Gasteiger partial charge < -0.3 is 14.7 Å². The molecule has 0 aliphatic carbocycles. The lowest BCUT2D eigenvalue weighted by Crippen LogP contribution is -2.37. The first-order chi connectivity index (χ1) is 12.8. The summed E-state index contributed by atoms with van der Waals surface area (Å²) in [6.45, 7) is 1.80. The molecule has 2 aromatic rings. The first-order valence-corrected chi connectivity index (χ1v) is 9.05. The van der Waals surface area contributed by atoms with E-state index in [2.05, 4.69) is 9.97 Å². The second kappa shape index (κ2) is 8.13. The molecule has 1 aromatic carbocycles. The van der Waals surface area contributed by atoms with Crippen molar-refractivity contribution in [3.63, 3.8) is 0 Å². The van der Waals surface area contributed by atoms with E-state index < -0.39 is 17.8 Å². The number of benzene rings is 1. The smallest absolute Gasteiger partial charge is 0.433 e. The number of anilines is 1. The molecule has 6 nitrogen and oxygen atoms in total. The highest BCUT2D eigenvalue weighted by molar-refractivity contribution is 7.98. The van der Waals surface area contributed by atoms with Crippen LogP contribution in [0.5, 0.6) is 0 Å². The van der Waals surface area contributed by atoms with Crippen LogP contribution >= 0.6 is 11.8 Å². The molecule has 0 saturated carbocycles. The summed E-state index contributed by atoms with van der Waals surface area (Å²) in [5.41, 5.74) is -0.0738. The van der Waals surface area contributed by atoms with E-state index in [-0.39, 0.29) is 16.5 Å². The molecule has 1 aliphatic rings. The molecule has 1 saturated heterocycles. The number of ether oxygens (including phenoxy) is 1. The molecule has 0 bridgehead atoms. The lowest BCUT2D eigenvalue weighted by Gasteiger charge is -2.28. The van der Waals surface area contributed by atoms with Crippen molar-refractivity contribution in [2.75, 3.05) is 31.2 Å². The fraction of sp³-hybridized carbons (Fsp3) is 0.353. The van der Waals surface area contributed by atoms with Crippen molar-refractivity contribution in [2.45, 2.75) is 17.1 Å². The molecule has 10 heteroatoms. The van der Waals surface area contributed by atoms with Gasteiger partial charge in [-0.05, 0) is 17.7 Å². The maximum atomic E-state index is 13.2. The zero-order chi connectivity index (χ0) is 19.4. The van der Waals surface area contributed by atoms with Gasteiger partial charge in [0.1, 0.15) is 5.82 Å². The lowest BCUT2D eigenvalue weighted by atomic mass is 10.1. The van der Waals surface area contributed by atoms with Gasteiger partial charge in [0.2, 0.25) is 0 Å². The van der Waals surface area contributed by atoms with Crippen molar-refractivity contribution in [3.05, 3.63) is 47.2 Å². The zero-order valence-corrected chi connectivity index (χ0v) is 14.9. The Morgan fingerprint density at radius 2 is 1.85 bits per heavy atom. The van der Waals surface area contributed by atoms with Gasteiger partial charge in [-0.25, -0.2) is 14.8 Å². The highest BCUT2D eigenvalue weighted by Gasteiger charge is 2.34. The number of aromatic nitrogens is 2. The molecule has 1 N–H and O–H groups in total. The number of morpholine rings is 1. The number of aromatic carboxylic acids is 1. The van der Waals surface area contributed by atoms with Crippen LogP contribution in [-0.4, -0.2) is 47.3 Å². The molecule has 2 heterocycles. The van der Waals surface area contributed by atoms with Crippen LogP contribution in [0.2, 0.25) is 0 Å². The number of hydrogen-bond donors (Lipinski definition) is 1. The predicted octanol–water partition coefficient (Wildman–Crippen LogP) is 3.32. The molecule has 144 valence electrons. The number of rotatable bonds is 5. The SMILES string of the molecule is O=C(O)c1ccc(CSc2nc(N3CCOCC3)cc(C(F)(F)F)n2)cc1. The number of carboxylic acid groups (broad SMARTS) is 1. The highest BCUT2D eigenvalue weighted by Crippen LogP contribution is 2.32. The van der Waals surface area contributed by atoms with Crippen LogP contribution in [0.4, 0.5) is 19.0 Å². The Morgan fingerprint density at radius 1 is 1.19 bits per heavy atom. The van der Waals surface area contributed by atoms with Gasteiger partial charge in [-0.15, -0.1) is 0 Å². The molecule has 0 spiro atoms. The maximum Gasteiger partial charge on any atom is 0.433 e. The Labute approximate surface area is 157 Å². The van der Waals surface area contributed by atoms with Crippen molar-refractivity contribution in [2.24, 2.45) is 0 Å². The minimum Gasteiger partial charge on any atom is -0.478 e. The standard InChI is InChI=1S/C17H16F3N3O3S/c18-17(19,20)13-9-14(23-5-7-26-8-6-23)22-16(21-13)27-10-11-1-3-12(4-2-11)15(24)25/h1-4,9H,5-8,10H2,(H,24,25). The molecule has 1 aromatic heterocycles. The van der Waals surface area contributed by atoms with Crippen LogP contribution in [0.15, 0.2) is 35.5 Å². The minimum absolute atomic E-state index is 0.0219. The van der Waals surface area contributed by atoms with E-state index in [0.29, 0.717) is 32.1 Å². The Kier molecular flexibility index (Phi) is 5.85. The molecular formula is C17H16F3N3O3S. The minimum atomic E-state index is -4.57. The second-order valence-corrected chi connectivity index (χ2v) is 6.72. The average Bonchev–Trinajstić information content (AvgIpc) is 2.66. The van der Waals surface area contributed by atoms with Gasteiger partial charge in [-0.2, -0.15) is 13.2 Å². The molecule has 1 fully saturated rings. The molecular weight excluding hydrogens is 383 g/mol. The van der Waals surface area contributed by atoms with Crippen LogP contribution in [0.3, 0.4) is 0 Å². The fourth-order valence-corrected chi connectivity index (χ4v) is 3.28. The molecule has 27 heavy (non-hydrogen) atoms. The van der Waals surface area contributed by atoms with Gasteiger partial charge in [0.05, 0.1) is 18.8 Å². The third-order valence-electron chi connectivity index (χ3n) is 3.89. The number of carboxylic acids is 1. The molecule has 3 rings (SSSR count). The van der Waals surface area contributed by atoms with Crippen molar-refractivity contribution >= 4 is 23.5 Å². The fourth-order valence-electron chi connectivity index (χ4n) is 2.47. The first-order valence-electron chi connectivity index (χ1n) is 8.07. The second-order valence-electron chi connectivity index (χ2n) is 5.78. The van der Waals surface area contributed by atoms with Gasteiger partial charge in [0, 0.05) is 24.9 Å². The third kappa shape index (κ3) is 5.10. The average molecular weight is 399 g/mol. The van der Waals surface area contributed by atoms with Crippen LogP contribution in [-0.2, 0) is 16.7 Å². The number of halogens is 3. The first kappa shape index (κ1) is 19.4. The van der Waals surface area contributed by atoms with Gasteiger partial charge in [0.25, 0.3) is 0 Å². The summed E-state index contributed by atoms with van der Waals surface area (Å²) in [5.74, 6) is -0.487. The molecule has 1 aliphatic heterocycles. The molecule has 0 amide bonds. The van der Waals surface area contributed by atoms with Gasteiger partial charge in [0.15, 0.2) is 10.9 Å². The van der Waals surface area contributed by atoms with Crippen molar-refractivity contribution in [3.8, 4) is 0 Å². The van der Waals surface area contributed by atoms with Gasteiger partial charge in [-0.3, -0.25) is 0 Å². The van der Waals surface area contributed by atoms with E-state index in [1.807, 2.05) is 0 Å². The van der Waals surface area contributed by atoms with E-state index >= 15 is 0 Å². The Hall–Kier alpha value is -2.33. The van der Waals surface area contributed by atoms with Crippen LogP contribution < -0.4 is 4.90 Å². The Morgan fingerprint density at radius 3 is 2.44 bits per heavy atom. The van der Waals surface area contributed by atoms with E-state index in [0.717, 1.165) is 23.4 Å². The summed E-state index contributed by atoms with van der Waals surface area (Å²) < 4.78 is 44.8. The Balaban J connectivity index is 1.79. The quantitative estimate of drug-likeness (QED) is 0.611. The monoisotopic (exact) mass is 399 g/mol. The van der Waals surface area contributed by atoms with Gasteiger partial charge in [-0.1, -0.05) is 23.9 Å². The Bertz CT molecular complexity index is 809. The highest BCUT2D eigenvalue weighted by atomic mass is 32.2. The number of thioether (sulfide) groups is 1. The molecule has 0 unspecified atom stereocenters. The summed E-state index contributed by atoms with van der Waals surface area (Å²) in [6.07, 6.45) is -4.57. The van der Waals surface area contributed by atoms with Crippen LogP contribution in [0.1, 0.15) is 21.6 Å². The third-order valence-corrected chi connectivity index (χ3v) is 4.80. The number of carbonyl (C=O) groups is 1. The normalized spacial score (nSPS) is 15.0. The number of nitrogens with zero attached hydrogens (tertiary/aromatic N) is 3. The van der Waals surface area contributed by atoms with Crippen molar-refractivity contribution < 1.29 is 27.8 Å². The number of alkyl halides is 3. The summed E-state index contributed by atoms with van der Waals surface area (Å²) >= 11 is 1.07. The summed E-state index contributed by atoms with van der Waals surface area (Å²) in [6, 6.07) is 7.09. The van der Waals surface area contributed by atoms with E-state index in [1.54, 1.807) is 17.0 Å². The predicted molar refractivity (Wildman–Crippen MR) is 93.0 cm³/mol. The molecule has 0 atom stereocenters. The maximum absolute atomic E-state index is 13.2. The molecule has 0 radical (unpaired) electrons. The topological polar surface area (TPSA) is 75.5 Å². The lowest BCUT2D eigenvalue weighted by molar-refractivity contribution is -0.141. The summed E-state index contributed by atoms with van der Waals surface area (Å²) in [7, 11) is 0. The van der Waals surface area contributed by atoms with Crippen LogP contribution in [0, 0.1) is 0 Å². The zero-order valence-electron chi connectivity index (χ0n) is 14.1. The van der Waals surface area contributed by atoms with E-state index in [9.17, 15) is 18.0 Å².